The Morgan fingerprint density at radius 1 is 1.05 bits per heavy atom. The van der Waals surface area contributed by atoms with E-state index in [1.807, 2.05) is 0 Å². The summed E-state index contributed by atoms with van der Waals surface area (Å²) in [5, 5.41) is 0. The number of benzene rings is 2. The van der Waals surface area contributed by atoms with Crippen LogP contribution < -0.4 is 4.90 Å². The first kappa shape index (κ1) is 11.1. The van der Waals surface area contributed by atoms with Crippen molar-refractivity contribution in [3.05, 3.63) is 59.2 Å². The lowest BCUT2D eigenvalue weighted by molar-refractivity contribution is 0.581. The minimum Gasteiger partial charge on any atom is -0.341 e. The molecular formula is C18H19N. The molecule has 0 saturated carbocycles. The van der Waals surface area contributed by atoms with Crippen LogP contribution in [-0.2, 0) is 6.42 Å². The molecule has 0 aromatic heterocycles. The van der Waals surface area contributed by atoms with Gasteiger partial charge >= 0.3 is 0 Å². The molecule has 0 spiro atoms. The second kappa shape index (κ2) is 4.12. The molecule has 1 heterocycles. The molecule has 4 rings (SSSR count). The van der Waals surface area contributed by atoms with Crippen LogP contribution in [0.25, 0.3) is 0 Å². The molecule has 0 amide bonds. The molecule has 2 aromatic rings. The van der Waals surface area contributed by atoms with Crippen molar-refractivity contribution >= 4 is 11.4 Å². The lowest BCUT2D eigenvalue weighted by atomic mass is 9.82. The largest absolute Gasteiger partial charge is 0.341 e. The van der Waals surface area contributed by atoms with Gasteiger partial charge in [-0.05, 0) is 61.1 Å². The standard InChI is InChI=1S/C18H19N/c1-13-10-11-17-18-14(6-5-9-16(13)18)12-19(17)15-7-3-2-4-8-15/h2-4,7-8,10-11,14H,5-6,9,12H2,1H3. The maximum absolute atomic E-state index is 2.51. The lowest BCUT2D eigenvalue weighted by Gasteiger charge is -2.21. The van der Waals surface area contributed by atoms with Gasteiger partial charge in [0.15, 0.2) is 0 Å². The quantitative estimate of drug-likeness (QED) is 0.715. The normalized spacial score (nSPS) is 20.5. The summed E-state index contributed by atoms with van der Waals surface area (Å²) >= 11 is 0. The van der Waals surface area contributed by atoms with Crippen molar-refractivity contribution < 1.29 is 0 Å². The Morgan fingerprint density at radius 3 is 2.74 bits per heavy atom. The fourth-order valence-corrected chi connectivity index (χ4v) is 3.81. The Balaban J connectivity index is 1.88. The summed E-state index contributed by atoms with van der Waals surface area (Å²) in [6.45, 7) is 3.43. The van der Waals surface area contributed by atoms with Crippen LogP contribution in [0.5, 0.6) is 0 Å². The Morgan fingerprint density at radius 2 is 1.89 bits per heavy atom. The molecule has 0 saturated heterocycles. The molecule has 2 aromatic carbocycles. The van der Waals surface area contributed by atoms with Gasteiger partial charge in [-0.25, -0.2) is 0 Å². The van der Waals surface area contributed by atoms with Crippen LogP contribution in [0.4, 0.5) is 11.4 Å². The third-order valence-electron chi connectivity index (χ3n) is 4.72. The van der Waals surface area contributed by atoms with Crippen LogP contribution in [0.15, 0.2) is 42.5 Å². The van der Waals surface area contributed by atoms with E-state index in [1.54, 1.807) is 11.1 Å². The fraction of sp³-hybridized carbons (Fsp3) is 0.333. The molecular weight excluding hydrogens is 230 g/mol. The average Bonchev–Trinajstić information content (AvgIpc) is 2.84. The highest BCUT2D eigenvalue weighted by Gasteiger charge is 2.34. The van der Waals surface area contributed by atoms with Gasteiger partial charge in [0.1, 0.15) is 0 Å². The first-order valence-electron chi connectivity index (χ1n) is 7.29. The summed E-state index contributed by atoms with van der Waals surface area (Å²) in [5.74, 6) is 0.749. The third kappa shape index (κ3) is 1.61. The maximum atomic E-state index is 2.51. The van der Waals surface area contributed by atoms with E-state index >= 15 is 0 Å². The van der Waals surface area contributed by atoms with Crippen molar-refractivity contribution in [2.24, 2.45) is 0 Å². The highest BCUT2D eigenvalue weighted by atomic mass is 15.2. The van der Waals surface area contributed by atoms with Crippen molar-refractivity contribution in [3.63, 3.8) is 0 Å². The summed E-state index contributed by atoms with van der Waals surface area (Å²) < 4.78 is 0. The summed E-state index contributed by atoms with van der Waals surface area (Å²) in [4.78, 5) is 2.51. The molecule has 1 atom stereocenters. The van der Waals surface area contributed by atoms with Gasteiger partial charge in [0.2, 0.25) is 0 Å². The van der Waals surface area contributed by atoms with E-state index in [0.29, 0.717) is 0 Å². The first-order valence-corrected chi connectivity index (χ1v) is 7.29. The Kier molecular flexibility index (Phi) is 2.41. The summed E-state index contributed by atoms with van der Waals surface area (Å²) in [6.07, 6.45) is 3.98. The van der Waals surface area contributed by atoms with Gasteiger partial charge in [0.05, 0.1) is 0 Å². The second-order valence-electron chi connectivity index (χ2n) is 5.83. The Labute approximate surface area is 114 Å². The van der Waals surface area contributed by atoms with Crippen LogP contribution in [0, 0.1) is 6.92 Å². The molecule has 1 unspecified atom stereocenters. The zero-order chi connectivity index (χ0) is 12.8. The highest BCUT2D eigenvalue weighted by Crippen LogP contribution is 2.47. The molecule has 2 aliphatic rings. The number of nitrogens with zero attached hydrogens (tertiary/aromatic N) is 1. The number of hydrogen-bond donors (Lipinski definition) is 0. The molecule has 96 valence electrons. The zero-order valence-electron chi connectivity index (χ0n) is 11.4. The fourth-order valence-electron chi connectivity index (χ4n) is 3.81. The molecule has 1 aliphatic carbocycles. The molecule has 1 heteroatoms. The van der Waals surface area contributed by atoms with Gasteiger partial charge in [-0.2, -0.15) is 0 Å². The molecule has 1 aliphatic heterocycles. The molecule has 0 fully saturated rings. The number of rotatable bonds is 1. The van der Waals surface area contributed by atoms with E-state index in [9.17, 15) is 0 Å². The van der Waals surface area contributed by atoms with Crippen molar-refractivity contribution in [2.45, 2.75) is 32.1 Å². The summed E-state index contributed by atoms with van der Waals surface area (Å²) in [6, 6.07) is 15.4. The van der Waals surface area contributed by atoms with Crippen LogP contribution in [0.2, 0.25) is 0 Å². The van der Waals surface area contributed by atoms with Crippen LogP contribution in [-0.4, -0.2) is 6.54 Å². The second-order valence-corrected chi connectivity index (χ2v) is 5.83. The van der Waals surface area contributed by atoms with Crippen molar-refractivity contribution in [1.82, 2.24) is 0 Å². The van der Waals surface area contributed by atoms with E-state index in [4.69, 9.17) is 0 Å². The van der Waals surface area contributed by atoms with Gasteiger partial charge in [0.25, 0.3) is 0 Å². The molecule has 0 radical (unpaired) electrons. The van der Waals surface area contributed by atoms with E-state index in [0.717, 1.165) is 12.5 Å². The van der Waals surface area contributed by atoms with Crippen molar-refractivity contribution in [1.29, 1.82) is 0 Å². The number of para-hydroxylation sites is 1. The lowest BCUT2D eigenvalue weighted by Crippen LogP contribution is -2.16. The summed E-state index contributed by atoms with van der Waals surface area (Å²) in [5.41, 5.74) is 7.56. The number of anilines is 2. The van der Waals surface area contributed by atoms with Gasteiger partial charge < -0.3 is 4.90 Å². The predicted molar refractivity (Wildman–Crippen MR) is 80.3 cm³/mol. The van der Waals surface area contributed by atoms with E-state index in [2.05, 4.69) is 54.3 Å². The zero-order valence-corrected chi connectivity index (χ0v) is 11.4. The van der Waals surface area contributed by atoms with Gasteiger partial charge in [0, 0.05) is 23.8 Å². The maximum Gasteiger partial charge on any atom is 0.0449 e. The van der Waals surface area contributed by atoms with Crippen molar-refractivity contribution in [2.75, 3.05) is 11.4 Å². The monoisotopic (exact) mass is 249 g/mol. The molecule has 0 N–H and O–H groups in total. The SMILES string of the molecule is Cc1ccc2c3c1CCCC3CN2c1ccccc1. The van der Waals surface area contributed by atoms with E-state index in [1.165, 1.54) is 36.2 Å². The van der Waals surface area contributed by atoms with E-state index in [-0.39, 0.29) is 0 Å². The van der Waals surface area contributed by atoms with Crippen LogP contribution in [0.1, 0.15) is 35.4 Å². The Hall–Kier alpha value is -1.76. The van der Waals surface area contributed by atoms with Gasteiger partial charge in [-0.3, -0.25) is 0 Å². The smallest absolute Gasteiger partial charge is 0.0449 e. The minimum absolute atomic E-state index is 0.749. The van der Waals surface area contributed by atoms with Crippen molar-refractivity contribution in [3.8, 4) is 0 Å². The Bertz CT molecular complexity index is 615. The number of aryl methyl sites for hydroxylation is 1. The summed E-state index contributed by atoms with van der Waals surface area (Å²) in [7, 11) is 0. The topological polar surface area (TPSA) is 3.24 Å². The minimum atomic E-state index is 0.749. The predicted octanol–water partition coefficient (Wildman–Crippen LogP) is 4.57. The van der Waals surface area contributed by atoms with E-state index < -0.39 is 0 Å². The number of hydrogen-bond acceptors (Lipinski definition) is 1. The molecule has 1 nitrogen and oxygen atoms in total. The first-order chi connectivity index (χ1) is 9.34. The molecule has 0 bridgehead atoms. The third-order valence-corrected chi connectivity index (χ3v) is 4.72. The van der Waals surface area contributed by atoms with Gasteiger partial charge in [-0.15, -0.1) is 0 Å². The highest BCUT2D eigenvalue weighted by molar-refractivity contribution is 5.73. The average molecular weight is 249 g/mol. The van der Waals surface area contributed by atoms with Crippen LogP contribution >= 0.6 is 0 Å². The molecule has 19 heavy (non-hydrogen) atoms. The van der Waals surface area contributed by atoms with Gasteiger partial charge in [-0.1, -0.05) is 24.3 Å². The van der Waals surface area contributed by atoms with Crippen LogP contribution in [0.3, 0.4) is 0 Å².